The Balaban J connectivity index is 1.17. The van der Waals surface area contributed by atoms with Gasteiger partial charge in [-0.15, -0.1) is 0 Å². The average molecular weight is 666 g/mol. The van der Waals surface area contributed by atoms with E-state index in [1.54, 1.807) is 13.3 Å². The number of ether oxygens (including phenoxy) is 3. The topological polar surface area (TPSA) is 72.9 Å². The van der Waals surface area contributed by atoms with Crippen LogP contribution < -0.4 is 14.8 Å². The number of methoxy groups -OCH3 is 1. The number of hydrogen-bond donors (Lipinski definition) is 1. The summed E-state index contributed by atoms with van der Waals surface area (Å²) in [6, 6.07) is 13.0. The third-order valence-corrected chi connectivity index (χ3v) is 9.82. The molecule has 1 aromatic heterocycles. The predicted molar refractivity (Wildman–Crippen MR) is 178 cm³/mol. The smallest absolute Gasteiger partial charge is 0.252 e. The van der Waals surface area contributed by atoms with E-state index in [4.69, 9.17) is 25.8 Å². The van der Waals surface area contributed by atoms with Crippen molar-refractivity contribution in [2.24, 2.45) is 0 Å². The van der Waals surface area contributed by atoms with Crippen LogP contribution in [0.4, 0.5) is 8.78 Å². The fraction of sp³-hybridized carbons (Fsp3) is 0.459. The maximum atomic E-state index is 14.5. The molecule has 10 heteroatoms. The number of aryl methyl sites for hydroxylation is 1. The van der Waals surface area contributed by atoms with Crippen molar-refractivity contribution in [1.29, 1.82) is 0 Å². The van der Waals surface area contributed by atoms with Gasteiger partial charge in [0, 0.05) is 49.1 Å². The molecule has 2 aliphatic heterocycles. The van der Waals surface area contributed by atoms with Crippen LogP contribution in [0.5, 0.6) is 11.6 Å². The van der Waals surface area contributed by atoms with Crippen molar-refractivity contribution in [2.45, 2.75) is 89.6 Å². The number of hydrogen-bond acceptors (Lipinski definition) is 6. The highest BCUT2D eigenvalue weighted by Gasteiger charge is 2.42. The first kappa shape index (κ1) is 33.4. The minimum absolute atomic E-state index is 0.0392. The highest BCUT2D eigenvalue weighted by atomic mass is 35.5. The molecule has 0 spiro atoms. The van der Waals surface area contributed by atoms with Crippen LogP contribution in [0.3, 0.4) is 0 Å². The lowest BCUT2D eigenvalue weighted by atomic mass is 9.88. The number of amides is 1. The number of pyridine rings is 1. The van der Waals surface area contributed by atoms with Gasteiger partial charge >= 0.3 is 0 Å². The zero-order valence-corrected chi connectivity index (χ0v) is 27.9. The number of carbonyl (C=O) groups is 1. The van der Waals surface area contributed by atoms with Gasteiger partial charge in [0.1, 0.15) is 17.4 Å². The molecule has 2 bridgehead atoms. The van der Waals surface area contributed by atoms with Gasteiger partial charge in [0.05, 0.1) is 12.7 Å². The molecule has 3 aromatic rings. The Bertz CT molecular complexity index is 1630. The van der Waals surface area contributed by atoms with Gasteiger partial charge in [-0.1, -0.05) is 35.9 Å². The molecule has 1 N–H and O–H groups in total. The van der Waals surface area contributed by atoms with E-state index in [9.17, 15) is 13.6 Å². The van der Waals surface area contributed by atoms with Gasteiger partial charge in [-0.25, -0.2) is 13.8 Å². The number of aromatic nitrogens is 1. The van der Waals surface area contributed by atoms with Crippen LogP contribution in [-0.2, 0) is 22.5 Å². The Morgan fingerprint density at radius 3 is 2.57 bits per heavy atom. The molecule has 3 atom stereocenters. The monoisotopic (exact) mass is 665 g/mol. The normalized spacial score (nSPS) is 19.5. The third-order valence-electron chi connectivity index (χ3n) is 9.47. The Morgan fingerprint density at radius 2 is 1.83 bits per heavy atom. The Hall–Kier alpha value is -3.53. The number of halogens is 3. The van der Waals surface area contributed by atoms with E-state index in [0.29, 0.717) is 37.9 Å². The number of fused-ring (bicyclic) bond motifs is 2. The minimum atomic E-state index is -0.711. The van der Waals surface area contributed by atoms with E-state index in [1.165, 1.54) is 0 Å². The highest BCUT2D eigenvalue weighted by Crippen LogP contribution is 2.40. The Morgan fingerprint density at radius 1 is 1.06 bits per heavy atom. The summed E-state index contributed by atoms with van der Waals surface area (Å²) in [5, 5.41) is 3.36. The van der Waals surface area contributed by atoms with Gasteiger partial charge in [-0.3, -0.25) is 4.79 Å². The molecule has 1 amide bonds. The first-order chi connectivity index (χ1) is 22.7. The lowest BCUT2D eigenvalue weighted by Crippen LogP contribution is -2.44. The molecule has 7 nitrogen and oxygen atoms in total. The molecule has 250 valence electrons. The summed E-state index contributed by atoms with van der Waals surface area (Å²) in [6.07, 6.45) is 7.82. The van der Waals surface area contributed by atoms with Gasteiger partial charge in [-0.05, 0) is 99.3 Å². The molecule has 6 rings (SSSR count). The lowest BCUT2D eigenvalue weighted by Gasteiger charge is -2.32. The van der Waals surface area contributed by atoms with Crippen molar-refractivity contribution in [1.82, 2.24) is 15.2 Å². The number of nitrogens with zero attached hydrogens (tertiary/aromatic N) is 2. The average Bonchev–Trinajstić information content (AvgIpc) is 3.86. The summed E-state index contributed by atoms with van der Waals surface area (Å²) in [7, 11) is 1.66. The van der Waals surface area contributed by atoms with Crippen molar-refractivity contribution in [3.05, 3.63) is 93.1 Å². The molecule has 3 heterocycles. The molecule has 47 heavy (non-hydrogen) atoms. The summed E-state index contributed by atoms with van der Waals surface area (Å²) < 4.78 is 44.5. The Labute approximate surface area is 280 Å². The van der Waals surface area contributed by atoms with Gasteiger partial charge in [-0.2, -0.15) is 0 Å². The summed E-state index contributed by atoms with van der Waals surface area (Å²) in [5.74, 6) is -0.966. The molecule has 1 unspecified atom stereocenters. The maximum absolute atomic E-state index is 14.5. The minimum Gasteiger partial charge on any atom is -0.489 e. The number of carbonyl (C=O) groups excluding carboxylic acids is 1. The van der Waals surface area contributed by atoms with Crippen LogP contribution in [-0.4, -0.2) is 60.3 Å². The van der Waals surface area contributed by atoms with Crippen molar-refractivity contribution in [3.63, 3.8) is 0 Å². The summed E-state index contributed by atoms with van der Waals surface area (Å²) in [6.45, 7) is 5.06. The summed E-state index contributed by atoms with van der Waals surface area (Å²) in [5.41, 5.74) is 6.15. The Kier molecular flexibility index (Phi) is 10.4. The fourth-order valence-electron chi connectivity index (χ4n) is 6.52. The van der Waals surface area contributed by atoms with Crippen molar-refractivity contribution in [2.75, 3.05) is 20.3 Å². The zero-order valence-electron chi connectivity index (χ0n) is 27.2. The standard InChI is InChI=1S/C37H42ClF2N3O4/c1-22(45-3)21-47-36-23(2)26(16-17-41-36)20-43(28-11-12-28)37(44)33-29(19-27-10-15-32(33)42-27)25-8-6-24(7-9-25)5-4-18-46-35-31(40)14-13-30(39)34(35)38/h6-9,13-14,16-17,22,27-28,32,42H,4-5,10-12,15,18-21H2,1-3H3/t22?,27-,32+/m0/s1. The van der Waals surface area contributed by atoms with Gasteiger partial charge in [0.25, 0.3) is 5.91 Å². The van der Waals surface area contributed by atoms with Crippen molar-refractivity contribution < 1.29 is 27.8 Å². The second kappa shape index (κ2) is 14.7. The van der Waals surface area contributed by atoms with Crippen LogP contribution in [0.1, 0.15) is 67.7 Å². The molecule has 1 saturated carbocycles. The summed E-state index contributed by atoms with van der Waals surface area (Å²) in [4.78, 5) is 21.0. The first-order valence-electron chi connectivity index (χ1n) is 16.5. The van der Waals surface area contributed by atoms with E-state index >= 15 is 0 Å². The number of rotatable bonds is 14. The van der Waals surface area contributed by atoms with E-state index < -0.39 is 11.6 Å². The van der Waals surface area contributed by atoms with Crippen LogP contribution in [0.2, 0.25) is 5.02 Å². The molecule has 1 aliphatic carbocycles. The third kappa shape index (κ3) is 7.63. The SMILES string of the molecule is COC(C)COc1nccc(CN(C(=O)C2=C(c3ccc(CCCOc4c(F)ccc(F)c4Cl)cc3)C[C@@H]3CC[C@H]2N3)C2CC2)c1C. The van der Waals surface area contributed by atoms with Gasteiger partial charge < -0.3 is 24.4 Å². The van der Waals surface area contributed by atoms with E-state index in [2.05, 4.69) is 39.5 Å². The summed E-state index contributed by atoms with van der Waals surface area (Å²) >= 11 is 5.88. The van der Waals surface area contributed by atoms with Crippen LogP contribution in [0, 0.1) is 18.6 Å². The molecular weight excluding hydrogens is 624 g/mol. The fourth-order valence-corrected chi connectivity index (χ4v) is 6.72. The number of benzene rings is 2. The first-order valence-corrected chi connectivity index (χ1v) is 16.9. The van der Waals surface area contributed by atoms with Crippen LogP contribution in [0.25, 0.3) is 5.57 Å². The van der Waals surface area contributed by atoms with Crippen molar-refractivity contribution in [3.8, 4) is 11.6 Å². The van der Waals surface area contributed by atoms with Crippen molar-refractivity contribution >= 4 is 23.1 Å². The van der Waals surface area contributed by atoms with E-state index in [-0.39, 0.29) is 41.5 Å². The highest BCUT2D eigenvalue weighted by molar-refractivity contribution is 6.32. The predicted octanol–water partition coefficient (Wildman–Crippen LogP) is 7.22. The number of nitrogens with one attached hydrogen (secondary N) is 1. The van der Waals surface area contributed by atoms with Gasteiger partial charge in [0.15, 0.2) is 11.6 Å². The maximum Gasteiger partial charge on any atom is 0.252 e. The quantitative estimate of drug-likeness (QED) is 0.145. The second-order valence-electron chi connectivity index (χ2n) is 12.8. The molecular formula is C37H42ClF2N3O4. The second-order valence-corrected chi connectivity index (χ2v) is 13.2. The van der Waals surface area contributed by atoms with Crippen LogP contribution in [0.15, 0.2) is 54.2 Å². The molecule has 0 radical (unpaired) electrons. The molecule has 2 fully saturated rings. The lowest BCUT2D eigenvalue weighted by molar-refractivity contribution is -0.128. The zero-order chi connectivity index (χ0) is 33.1. The van der Waals surface area contributed by atoms with Gasteiger partial charge in [0.2, 0.25) is 5.88 Å². The van der Waals surface area contributed by atoms with E-state index in [1.807, 2.05) is 19.9 Å². The molecule has 2 aromatic carbocycles. The van der Waals surface area contributed by atoms with E-state index in [0.717, 1.165) is 77.6 Å². The largest absolute Gasteiger partial charge is 0.489 e. The van der Waals surface area contributed by atoms with Crippen LogP contribution >= 0.6 is 11.6 Å². The molecule has 3 aliphatic rings. The molecule has 1 saturated heterocycles.